The molecule has 0 saturated heterocycles. The Kier molecular flexibility index (Phi) is 4.28. The molecule has 0 aliphatic heterocycles. The molecule has 0 aliphatic rings. The molecule has 17 heavy (non-hydrogen) atoms. The SMILES string of the molecule is COc1cc(/C=C/C(N)=O)ccc1OC(C)=O. The number of carbonyl (C=O) groups excluding carboxylic acids is 2. The molecule has 0 unspecified atom stereocenters. The van der Waals surface area contributed by atoms with Crippen LogP contribution in [0.25, 0.3) is 6.08 Å². The molecule has 1 aromatic carbocycles. The zero-order valence-corrected chi connectivity index (χ0v) is 9.60. The van der Waals surface area contributed by atoms with Gasteiger partial charge in [-0.3, -0.25) is 9.59 Å². The number of hydrogen-bond acceptors (Lipinski definition) is 4. The number of methoxy groups -OCH3 is 1. The van der Waals surface area contributed by atoms with E-state index in [-0.39, 0.29) is 0 Å². The zero-order valence-electron chi connectivity index (χ0n) is 9.60. The molecule has 0 aromatic heterocycles. The first kappa shape index (κ1) is 12.8. The van der Waals surface area contributed by atoms with Crippen LogP contribution in [0.1, 0.15) is 12.5 Å². The van der Waals surface area contributed by atoms with Crippen molar-refractivity contribution in [3.63, 3.8) is 0 Å². The van der Waals surface area contributed by atoms with E-state index < -0.39 is 11.9 Å². The molecule has 0 atom stereocenters. The molecule has 0 radical (unpaired) electrons. The second-order valence-corrected chi connectivity index (χ2v) is 3.24. The molecule has 0 aliphatic carbocycles. The fraction of sp³-hybridized carbons (Fsp3) is 0.167. The molecular weight excluding hydrogens is 222 g/mol. The van der Waals surface area contributed by atoms with Crippen molar-refractivity contribution in [2.45, 2.75) is 6.92 Å². The van der Waals surface area contributed by atoms with Crippen molar-refractivity contribution in [1.29, 1.82) is 0 Å². The lowest BCUT2D eigenvalue weighted by Crippen LogP contribution is -2.05. The van der Waals surface area contributed by atoms with Gasteiger partial charge in [0.15, 0.2) is 11.5 Å². The highest BCUT2D eigenvalue weighted by Crippen LogP contribution is 2.28. The number of carbonyl (C=O) groups is 2. The van der Waals surface area contributed by atoms with Gasteiger partial charge in [0, 0.05) is 13.0 Å². The molecule has 2 N–H and O–H groups in total. The predicted molar refractivity (Wildman–Crippen MR) is 62.5 cm³/mol. The third kappa shape index (κ3) is 3.98. The Morgan fingerprint density at radius 3 is 2.53 bits per heavy atom. The summed E-state index contributed by atoms with van der Waals surface area (Å²) in [5, 5.41) is 0. The highest BCUT2D eigenvalue weighted by molar-refractivity contribution is 5.90. The number of rotatable bonds is 4. The molecule has 1 rings (SSSR count). The Labute approximate surface area is 98.8 Å². The Morgan fingerprint density at radius 1 is 1.29 bits per heavy atom. The Morgan fingerprint density at radius 2 is 2.00 bits per heavy atom. The van der Waals surface area contributed by atoms with E-state index in [4.69, 9.17) is 15.2 Å². The quantitative estimate of drug-likeness (QED) is 0.482. The van der Waals surface area contributed by atoms with Crippen LogP contribution in [0.2, 0.25) is 0 Å². The van der Waals surface area contributed by atoms with Crippen molar-refractivity contribution in [3.8, 4) is 11.5 Å². The Bertz CT molecular complexity index is 466. The van der Waals surface area contributed by atoms with Crippen LogP contribution >= 0.6 is 0 Å². The normalized spacial score (nSPS) is 10.2. The summed E-state index contributed by atoms with van der Waals surface area (Å²) in [6, 6.07) is 4.90. The van der Waals surface area contributed by atoms with Gasteiger partial charge in [-0.15, -0.1) is 0 Å². The van der Waals surface area contributed by atoms with Crippen molar-refractivity contribution in [3.05, 3.63) is 29.8 Å². The number of amides is 1. The molecule has 0 spiro atoms. The Hall–Kier alpha value is -2.30. The largest absolute Gasteiger partial charge is 0.493 e. The van der Waals surface area contributed by atoms with Gasteiger partial charge in [0.25, 0.3) is 0 Å². The molecule has 0 bridgehead atoms. The molecule has 5 nitrogen and oxygen atoms in total. The smallest absolute Gasteiger partial charge is 0.308 e. The van der Waals surface area contributed by atoms with Gasteiger partial charge in [-0.1, -0.05) is 6.07 Å². The molecule has 0 fully saturated rings. The van der Waals surface area contributed by atoms with E-state index in [0.717, 1.165) is 5.56 Å². The van der Waals surface area contributed by atoms with E-state index in [9.17, 15) is 9.59 Å². The number of esters is 1. The minimum absolute atomic E-state index is 0.330. The average molecular weight is 235 g/mol. The van der Waals surface area contributed by atoms with Crippen molar-refractivity contribution in [2.75, 3.05) is 7.11 Å². The van der Waals surface area contributed by atoms with Crippen molar-refractivity contribution >= 4 is 18.0 Å². The van der Waals surface area contributed by atoms with Gasteiger partial charge in [-0.25, -0.2) is 0 Å². The van der Waals surface area contributed by atoms with Crippen LogP contribution in [0, 0.1) is 0 Å². The highest BCUT2D eigenvalue weighted by Gasteiger charge is 2.06. The summed E-state index contributed by atoms with van der Waals surface area (Å²) >= 11 is 0. The summed E-state index contributed by atoms with van der Waals surface area (Å²) in [6.07, 6.45) is 2.78. The fourth-order valence-electron chi connectivity index (χ4n) is 1.21. The van der Waals surface area contributed by atoms with Gasteiger partial charge in [-0.2, -0.15) is 0 Å². The Balaban J connectivity index is 2.99. The van der Waals surface area contributed by atoms with Crippen molar-refractivity contribution < 1.29 is 19.1 Å². The van der Waals surface area contributed by atoms with E-state index in [2.05, 4.69) is 0 Å². The first-order chi connectivity index (χ1) is 8.02. The predicted octanol–water partition coefficient (Wildman–Crippen LogP) is 1.12. The van der Waals surface area contributed by atoms with E-state index in [1.807, 2.05) is 0 Å². The lowest BCUT2D eigenvalue weighted by Gasteiger charge is -2.08. The van der Waals surface area contributed by atoms with Crippen LogP contribution in [-0.4, -0.2) is 19.0 Å². The molecule has 0 saturated carbocycles. The minimum atomic E-state index is -0.534. The third-order valence-electron chi connectivity index (χ3n) is 1.88. The lowest BCUT2D eigenvalue weighted by atomic mass is 10.2. The van der Waals surface area contributed by atoms with Gasteiger partial charge in [0.1, 0.15) is 0 Å². The van der Waals surface area contributed by atoms with E-state index in [0.29, 0.717) is 11.5 Å². The molecule has 1 amide bonds. The summed E-state index contributed by atoms with van der Waals surface area (Å²) in [5.41, 5.74) is 5.70. The molecule has 0 heterocycles. The summed E-state index contributed by atoms with van der Waals surface area (Å²) in [5.74, 6) is -0.222. The van der Waals surface area contributed by atoms with E-state index >= 15 is 0 Å². The first-order valence-corrected chi connectivity index (χ1v) is 4.87. The second kappa shape index (κ2) is 5.69. The molecular formula is C12H13NO4. The number of hydrogen-bond donors (Lipinski definition) is 1. The van der Waals surface area contributed by atoms with Crippen molar-refractivity contribution in [1.82, 2.24) is 0 Å². The standard InChI is InChI=1S/C12H13NO4/c1-8(14)17-10-5-3-9(4-6-12(13)15)7-11(10)16-2/h3-7H,1-2H3,(H2,13,15)/b6-4+. The van der Waals surface area contributed by atoms with Gasteiger partial charge in [0.2, 0.25) is 5.91 Å². The van der Waals surface area contributed by atoms with Crippen LogP contribution in [-0.2, 0) is 9.59 Å². The summed E-state index contributed by atoms with van der Waals surface area (Å²) in [6.45, 7) is 1.31. The van der Waals surface area contributed by atoms with Crippen molar-refractivity contribution in [2.24, 2.45) is 5.73 Å². The van der Waals surface area contributed by atoms with E-state index in [1.165, 1.54) is 20.1 Å². The van der Waals surface area contributed by atoms with Crippen LogP contribution in [0.5, 0.6) is 11.5 Å². The lowest BCUT2D eigenvalue weighted by molar-refractivity contribution is -0.132. The maximum atomic E-state index is 10.8. The van der Waals surface area contributed by atoms with Gasteiger partial charge >= 0.3 is 5.97 Å². The second-order valence-electron chi connectivity index (χ2n) is 3.24. The van der Waals surface area contributed by atoms with Crippen LogP contribution in [0.3, 0.4) is 0 Å². The minimum Gasteiger partial charge on any atom is -0.493 e. The fourth-order valence-corrected chi connectivity index (χ4v) is 1.21. The summed E-state index contributed by atoms with van der Waals surface area (Å²) in [4.78, 5) is 21.4. The third-order valence-corrected chi connectivity index (χ3v) is 1.88. The zero-order chi connectivity index (χ0) is 12.8. The number of benzene rings is 1. The maximum Gasteiger partial charge on any atom is 0.308 e. The molecule has 90 valence electrons. The van der Waals surface area contributed by atoms with Gasteiger partial charge < -0.3 is 15.2 Å². The monoisotopic (exact) mass is 235 g/mol. The van der Waals surface area contributed by atoms with Crippen LogP contribution < -0.4 is 15.2 Å². The summed E-state index contributed by atoms with van der Waals surface area (Å²) < 4.78 is 10.0. The first-order valence-electron chi connectivity index (χ1n) is 4.87. The summed E-state index contributed by atoms with van der Waals surface area (Å²) in [7, 11) is 1.46. The molecule has 1 aromatic rings. The van der Waals surface area contributed by atoms with Gasteiger partial charge in [0.05, 0.1) is 7.11 Å². The average Bonchev–Trinajstić information content (AvgIpc) is 2.26. The number of primary amides is 1. The maximum absolute atomic E-state index is 10.8. The van der Waals surface area contributed by atoms with Crippen LogP contribution in [0.15, 0.2) is 24.3 Å². The molecule has 5 heteroatoms. The highest BCUT2D eigenvalue weighted by atomic mass is 16.6. The van der Waals surface area contributed by atoms with Crippen LogP contribution in [0.4, 0.5) is 0 Å². The van der Waals surface area contributed by atoms with E-state index in [1.54, 1.807) is 24.3 Å². The number of ether oxygens (including phenoxy) is 2. The topological polar surface area (TPSA) is 78.6 Å². The number of nitrogens with two attached hydrogens (primary N) is 1. The van der Waals surface area contributed by atoms with Gasteiger partial charge in [-0.05, 0) is 23.8 Å².